The average Bonchev–Trinajstić information content (AvgIpc) is 2.23. The van der Waals surface area contributed by atoms with Crippen molar-refractivity contribution in [1.29, 1.82) is 0 Å². The molecule has 0 N–H and O–H groups in total. The SMILES string of the molecule is COC(=O)C(CC(C)=O)C(=O)CCC=C(C)C. The summed E-state index contributed by atoms with van der Waals surface area (Å²) in [6.45, 7) is 5.25. The molecule has 0 aromatic heterocycles. The van der Waals surface area contributed by atoms with Crippen LogP contribution in [0.25, 0.3) is 0 Å². The van der Waals surface area contributed by atoms with Crippen LogP contribution in [0.1, 0.15) is 40.0 Å². The first kappa shape index (κ1) is 15.6. The molecule has 96 valence electrons. The van der Waals surface area contributed by atoms with E-state index < -0.39 is 11.9 Å². The van der Waals surface area contributed by atoms with E-state index in [0.717, 1.165) is 5.57 Å². The number of hydrogen-bond acceptors (Lipinski definition) is 4. The van der Waals surface area contributed by atoms with Crippen LogP contribution in [0.15, 0.2) is 11.6 Å². The molecule has 0 saturated heterocycles. The summed E-state index contributed by atoms with van der Waals surface area (Å²) in [5, 5.41) is 0. The van der Waals surface area contributed by atoms with Crippen LogP contribution in [-0.2, 0) is 19.1 Å². The lowest BCUT2D eigenvalue weighted by atomic mass is 9.95. The molecule has 0 fully saturated rings. The smallest absolute Gasteiger partial charge is 0.316 e. The Labute approximate surface area is 102 Å². The van der Waals surface area contributed by atoms with Crippen LogP contribution >= 0.6 is 0 Å². The number of ether oxygens (including phenoxy) is 1. The van der Waals surface area contributed by atoms with Gasteiger partial charge in [-0.2, -0.15) is 0 Å². The molecular formula is C13H20O4. The van der Waals surface area contributed by atoms with Crippen molar-refractivity contribution in [1.82, 2.24) is 0 Å². The number of carbonyl (C=O) groups is 3. The Kier molecular flexibility index (Phi) is 7.10. The summed E-state index contributed by atoms with van der Waals surface area (Å²) in [4.78, 5) is 34.1. The van der Waals surface area contributed by atoms with Crippen molar-refractivity contribution >= 4 is 17.5 Å². The molecule has 0 rings (SSSR count). The van der Waals surface area contributed by atoms with Crippen LogP contribution in [0.2, 0.25) is 0 Å². The Morgan fingerprint density at radius 3 is 2.18 bits per heavy atom. The summed E-state index contributed by atoms with van der Waals surface area (Å²) >= 11 is 0. The molecule has 0 heterocycles. The predicted octanol–water partition coefficient (Wildman–Crippen LogP) is 2.07. The second-order valence-electron chi connectivity index (χ2n) is 4.27. The van der Waals surface area contributed by atoms with Crippen LogP contribution in [0, 0.1) is 5.92 Å². The topological polar surface area (TPSA) is 60.4 Å². The molecule has 0 bridgehead atoms. The molecule has 4 nitrogen and oxygen atoms in total. The molecule has 0 aliphatic rings. The average molecular weight is 240 g/mol. The first-order chi connectivity index (χ1) is 7.88. The van der Waals surface area contributed by atoms with E-state index in [-0.39, 0.29) is 24.4 Å². The number of rotatable bonds is 7. The molecule has 0 aliphatic heterocycles. The Hall–Kier alpha value is -1.45. The van der Waals surface area contributed by atoms with Gasteiger partial charge in [0.2, 0.25) is 0 Å². The van der Waals surface area contributed by atoms with Gasteiger partial charge in [-0.05, 0) is 27.2 Å². The van der Waals surface area contributed by atoms with Gasteiger partial charge < -0.3 is 4.74 Å². The lowest BCUT2D eigenvalue weighted by Crippen LogP contribution is -2.27. The van der Waals surface area contributed by atoms with E-state index in [1.807, 2.05) is 19.9 Å². The molecule has 1 unspecified atom stereocenters. The van der Waals surface area contributed by atoms with Crippen molar-refractivity contribution in [2.75, 3.05) is 7.11 Å². The van der Waals surface area contributed by atoms with Gasteiger partial charge in [0, 0.05) is 12.8 Å². The lowest BCUT2D eigenvalue weighted by molar-refractivity contribution is -0.151. The highest BCUT2D eigenvalue weighted by Gasteiger charge is 2.27. The van der Waals surface area contributed by atoms with Crippen LogP contribution in [0.5, 0.6) is 0 Å². The second kappa shape index (κ2) is 7.76. The molecule has 4 heteroatoms. The molecule has 0 spiro atoms. The van der Waals surface area contributed by atoms with Gasteiger partial charge in [0.15, 0.2) is 0 Å². The minimum absolute atomic E-state index is 0.0691. The largest absolute Gasteiger partial charge is 0.468 e. The Bertz CT molecular complexity index is 324. The third-order valence-corrected chi connectivity index (χ3v) is 2.31. The van der Waals surface area contributed by atoms with Gasteiger partial charge in [-0.15, -0.1) is 0 Å². The normalized spacial score (nSPS) is 11.5. The van der Waals surface area contributed by atoms with Gasteiger partial charge in [0.1, 0.15) is 17.5 Å². The highest BCUT2D eigenvalue weighted by molar-refractivity contribution is 6.02. The van der Waals surface area contributed by atoms with Crippen LogP contribution < -0.4 is 0 Å². The van der Waals surface area contributed by atoms with Gasteiger partial charge in [-0.1, -0.05) is 11.6 Å². The highest BCUT2D eigenvalue weighted by atomic mass is 16.5. The van der Waals surface area contributed by atoms with Gasteiger partial charge in [-0.25, -0.2) is 0 Å². The lowest BCUT2D eigenvalue weighted by Gasteiger charge is -2.11. The van der Waals surface area contributed by atoms with Crippen molar-refractivity contribution in [3.8, 4) is 0 Å². The monoisotopic (exact) mass is 240 g/mol. The fraction of sp³-hybridized carbons (Fsp3) is 0.615. The fourth-order valence-electron chi connectivity index (χ4n) is 1.44. The first-order valence-electron chi connectivity index (χ1n) is 5.61. The molecule has 0 saturated carbocycles. The van der Waals surface area contributed by atoms with E-state index >= 15 is 0 Å². The van der Waals surface area contributed by atoms with Crippen molar-refractivity contribution in [3.05, 3.63) is 11.6 Å². The summed E-state index contributed by atoms with van der Waals surface area (Å²) in [6, 6.07) is 0. The molecule has 0 amide bonds. The minimum atomic E-state index is -0.942. The van der Waals surface area contributed by atoms with Crippen LogP contribution in [0.4, 0.5) is 0 Å². The van der Waals surface area contributed by atoms with Gasteiger partial charge >= 0.3 is 5.97 Å². The molecule has 0 aromatic rings. The number of ketones is 2. The van der Waals surface area contributed by atoms with Gasteiger partial charge in [-0.3, -0.25) is 14.4 Å². The zero-order valence-electron chi connectivity index (χ0n) is 10.9. The highest BCUT2D eigenvalue weighted by Crippen LogP contribution is 2.12. The standard InChI is InChI=1S/C13H20O4/c1-9(2)6-5-7-12(15)11(8-10(3)14)13(16)17-4/h6,11H,5,7-8H2,1-4H3. The van der Waals surface area contributed by atoms with E-state index in [0.29, 0.717) is 6.42 Å². The summed E-state index contributed by atoms with van der Waals surface area (Å²) in [6.07, 6.45) is 2.71. The van der Waals surface area contributed by atoms with Crippen molar-refractivity contribution in [2.45, 2.75) is 40.0 Å². The van der Waals surface area contributed by atoms with Gasteiger partial charge in [0.25, 0.3) is 0 Å². The summed E-state index contributed by atoms with van der Waals surface area (Å²) < 4.78 is 4.53. The Morgan fingerprint density at radius 2 is 1.76 bits per heavy atom. The molecule has 0 aromatic carbocycles. The summed E-state index contributed by atoms with van der Waals surface area (Å²) in [5.41, 5.74) is 1.12. The number of hydrogen-bond donors (Lipinski definition) is 0. The van der Waals surface area contributed by atoms with Crippen LogP contribution in [0.3, 0.4) is 0 Å². The van der Waals surface area contributed by atoms with E-state index in [4.69, 9.17) is 0 Å². The number of methoxy groups -OCH3 is 1. The molecule has 0 aliphatic carbocycles. The van der Waals surface area contributed by atoms with Crippen LogP contribution in [-0.4, -0.2) is 24.6 Å². The summed E-state index contributed by atoms with van der Waals surface area (Å²) in [5.74, 6) is -1.98. The molecule has 0 radical (unpaired) electrons. The third-order valence-electron chi connectivity index (χ3n) is 2.31. The minimum Gasteiger partial charge on any atom is -0.468 e. The maximum absolute atomic E-state index is 11.8. The Morgan fingerprint density at radius 1 is 1.18 bits per heavy atom. The van der Waals surface area contributed by atoms with E-state index in [1.165, 1.54) is 14.0 Å². The van der Waals surface area contributed by atoms with E-state index in [1.54, 1.807) is 0 Å². The molecule has 17 heavy (non-hydrogen) atoms. The zero-order valence-corrected chi connectivity index (χ0v) is 10.9. The maximum Gasteiger partial charge on any atom is 0.316 e. The van der Waals surface area contributed by atoms with Crippen molar-refractivity contribution in [2.24, 2.45) is 5.92 Å². The Balaban J connectivity index is 4.48. The van der Waals surface area contributed by atoms with Gasteiger partial charge in [0.05, 0.1) is 7.11 Å². The van der Waals surface area contributed by atoms with E-state index in [2.05, 4.69) is 4.74 Å². The zero-order chi connectivity index (χ0) is 13.4. The fourth-order valence-corrected chi connectivity index (χ4v) is 1.44. The number of allylic oxidation sites excluding steroid dienone is 2. The van der Waals surface area contributed by atoms with Crippen molar-refractivity contribution in [3.63, 3.8) is 0 Å². The molecular weight excluding hydrogens is 220 g/mol. The predicted molar refractivity (Wildman–Crippen MR) is 64.5 cm³/mol. The number of esters is 1. The quantitative estimate of drug-likeness (QED) is 0.388. The summed E-state index contributed by atoms with van der Waals surface area (Å²) in [7, 11) is 1.22. The first-order valence-corrected chi connectivity index (χ1v) is 5.61. The number of carbonyl (C=O) groups excluding carboxylic acids is 3. The maximum atomic E-state index is 11.8. The number of Topliss-reactive ketones (excluding diaryl/α,β-unsaturated/α-hetero) is 2. The molecule has 1 atom stereocenters. The second-order valence-corrected chi connectivity index (χ2v) is 4.27. The van der Waals surface area contributed by atoms with E-state index in [9.17, 15) is 14.4 Å². The third kappa shape index (κ3) is 6.66. The van der Waals surface area contributed by atoms with Crippen molar-refractivity contribution < 1.29 is 19.1 Å².